The highest BCUT2D eigenvalue weighted by atomic mass is 16.2. The molecule has 5 nitrogen and oxygen atoms in total. The summed E-state index contributed by atoms with van der Waals surface area (Å²) in [5, 5.41) is 2.56. The molecule has 0 radical (unpaired) electrons. The van der Waals surface area contributed by atoms with E-state index in [1.807, 2.05) is 6.92 Å². The van der Waals surface area contributed by atoms with Gasteiger partial charge in [0.25, 0.3) is 0 Å². The minimum atomic E-state index is -0.117. The Morgan fingerprint density at radius 1 is 1.25 bits per heavy atom. The van der Waals surface area contributed by atoms with E-state index >= 15 is 0 Å². The van der Waals surface area contributed by atoms with Gasteiger partial charge in [0.2, 0.25) is 11.8 Å². The van der Waals surface area contributed by atoms with Gasteiger partial charge in [-0.25, -0.2) is 0 Å². The molecule has 0 fully saturated rings. The Hall–Kier alpha value is -1.10. The molecule has 0 aromatic carbocycles. The summed E-state index contributed by atoms with van der Waals surface area (Å²) < 4.78 is 0. The smallest absolute Gasteiger partial charge is 0.239 e. The van der Waals surface area contributed by atoms with Gasteiger partial charge in [0.05, 0.1) is 6.54 Å². The van der Waals surface area contributed by atoms with Crippen molar-refractivity contribution in [3.05, 3.63) is 0 Å². The maximum atomic E-state index is 12.2. The number of amides is 2. The predicted octanol–water partition coefficient (Wildman–Crippen LogP) is 1.37. The van der Waals surface area contributed by atoms with Crippen LogP contribution < -0.4 is 11.1 Å². The zero-order valence-corrected chi connectivity index (χ0v) is 13.4. The average molecular weight is 285 g/mol. The number of rotatable bonds is 10. The molecular formula is C15H31N3O2. The summed E-state index contributed by atoms with van der Waals surface area (Å²) in [6.07, 6.45) is 3.16. The van der Waals surface area contributed by atoms with E-state index in [1.54, 1.807) is 11.9 Å². The lowest BCUT2D eigenvalue weighted by Gasteiger charge is -2.24. The molecule has 0 aliphatic carbocycles. The van der Waals surface area contributed by atoms with Crippen molar-refractivity contribution in [2.24, 2.45) is 17.6 Å². The third-order valence-electron chi connectivity index (χ3n) is 3.67. The summed E-state index contributed by atoms with van der Waals surface area (Å²) in [4.78, 5) is 25.3. The van der Waals surface area contributed by atoms with Crippen LogP contribution in [0.15, 0.2) is 0 Å². The summed E-state index contributed by atoms with van der Waals surface area (Å²) >= 11 is 0. The van der Waals surface area contributed by atoms with Crippen molar-refractivity contribution in [2.45, 2.75) is 46.5 Å². The van der Waals surface area contributed by atoms with Crippen LogP contribution in [0.2, 0.25) is 0 Å². The molecule has 0 bridgehead atoms. The quantitative estimate of drug-likeness (QED) is 0.636. The van der Waals surface area contributed by atoms with Gasteiger partial charge in [0, 0.05) is 20.0 Å². The molecule has 1 unspecified atom stereocenters. The number of likely N-dealkylation sites (N-methyl/N-ethyl adjacent to an activating group) is 1. The van der Waals surface area contributed by atoms with Crippen LogP contribution in [-0.4, -0.2) is 43.4 Å². The number of carbonyl (C=O) groups excluding carboxylic acids is 2. The summed E-state index contributed by atoms with van der Waals surface area (Å²) in [7, 11) is 1.59. The first-order valence-electron chi connectivity index (χ1n) is 7.64. The number of carbonyl (C=O) groups is 2. The molecule has 0 saturated heterocycles. The fourth-order valence-electron chi connectivity index (χ4n) is 2.31. The first kappa shape index (κ1) is 18.9. The fourth-order valence-corrected chi connectivity index (χ4v) is 2.31. The SMILES string of the molecule is CCCN(CC(=O)NC)C(=O)CCC(CCN)C(C)C. The van der Waals surface area contributed by atoms with Gasteiger partial charge >= 0.3 is 0 Å². The standard InChI is InChI=1S/C15H31N3O2/c1-5-10-18(11-14(19)17-4)15(20)7-6-13(8-9-16)12(2)3/h12-13H,5-11,16H2,1-4H3,(H,17,19). The Kier molecular flexibility index (Phi) is 10.1. The molecule has 0 aromatic heterocycles. The Morgan fingerprint density at radius 2 is 1.90 bits per heavy atom. The fraction of sp³-hybridized carbons (Fsp3) is 0.867. The van der Waals surface area contributed by atoms with E-state index in [0.717, 1.165) is 19.3 Å². The predicted molar refractivity (Wildman–Crippen MR) is 82.2 cm³/mol. The van der Waals surface area contributed by atoms with Crippen molar-refractivity contribution in [1.82, 2.24) is 10.2 Å². The number of nitrogens with one attached hydrogen (secondary N) is 1. The lowest BCUT2D eigenvalue weighted by atomic mass is 9.88. The molecule has 0 spiro atoms. The molecule has 2 amide bonds. The van der Waals surface area contributed by atoms with E-state index < -0.39 is 0 Å². The topological polar surface area (TPSA) is 75.4 Å². The van der Waals surface area contributed by atoms with Crippen molar-refractivity contribution >= 4 is 11.8 Å². The molecule has 0 aromatic rings. The summed E-state index contributed by atoms with van der Waals surface area (Å²) in [5.41, 5.74) is 5.62. The van der Waals surface area contributed by atoms with Crippen LogP contribution in [0.25, 0.3) is 0 Å². The normalized spacial score (nSPS) is 12.3. The Labute approximate surface area is 123 Å². The monoisotopic (exact) mass is 285 g/mol. The number of hydrogen-bond donors (Lipinski definition) is 2. The van der Waals surface area contributed by atoms with E-state index in [0.29, 0.717) is 31.3 Å². The number of hydrogen-bond acceptors (Lipinski definition) is 3. The van der Waals surface area contributed by atoms with Crippen molar-refractivity contribution < 1.29 is 9.59 Å². The lowest BCUT2D eigenvalue weighted by Crippen LogP contribution is -2.40. The third-order valence-corrected chi connectivity index (χ3v) is 3.67. The van der Waals surface area contributed by atoms with Crippen LogP contribution in [0.4, 0.5) is 0 Å². The minimum Gasteiger partial charge on any atom is -0.358 e. The first-order valence-corrected chi connectivity index (χ1v) is 7.64. The van der Waals surface area contributed by atoms with Crippen molar-refractivity contribution in [3.63, 3.8) is 0 Å². The third kappa shape index (κ3) is 7.48. The molecule has 5 heteroatoms. The Balaban J connectivity index is 4.40. The molecule has 0 aliphatic heterocycles. The van der Waals surface area contributed by atoms with Gasteiger partial charge in [-0.1, -0.05) is 20.8 Å². The zero-order chi connectivity index (χ0) is 15.5. The molecular weight excluding hydrogens is 254 g/mol. The first-order chi connectivity index (χ1) is 9.46. The van der Waals surface area contributed by atoms with Crippen LogP contribution in [0, 0.1) is 11.8 Å². The van der Waals surface area contributed by atoms with Gasteiger partial charge in [-0.2, -0.15) is 0 Å². The van der Waals surface area contributed by atoms with Gasteiger partial charge in [-0.05, 0) is 37.6 Å². The van der Waals surface area contributed by atoms with Crippen molar-refractivity contribution in [3.8, 4) is 0 Å². The zero-order valence-electron chi connectivity index (χ0n) is 13.4. The molecule has 0 aliphatic rings. The second-order valence-corrected chi connectivity index (χ2v) is 5.61. The average Bonchev–Trinajstić information content (AvgIpc) is 2.41. The van der Waals surface area contributed by atoms with Gasteiger partial charge in [0.1, 0.15) is 0 Å². The van der Waals surface area contributed by atoms with Gasteiger partial charge in [-0.3, -0.25) is 9.59 Å². The molecule has 1 atom stereocenters. The van der Waals surface area contributed by atoms with Crippen LogP contribution in [0.3, 0.4) is 0 Å². The highest BCUT2D eigenvalue weighted by molar-refractivity contribution is 5.84. The van der Waals surface area contributed by atoms with Crippen LogP contribution in [0.5, 0.6) is 0 Å². The number of nitrogens with zero attached hydrogens (tertiary/aromatic N) is 1. The second-order valence-electron chi connectivity index (χ2n) is 5.61. The van der Waals surface area contributed by atoms with Crippen LogP contribution in [0.1, 0.15) is 46.5 Å². The van der Waals surface area contributed by atoms with Crippen LogP contribution in [-0.2, 0) is 9.59 Å². The molecule has 0 rings (SSSR count). The van der Waals surface area contributed by atoms with Crippen LogP contribution >= 0.6 is 0 Å². The Morgan fingerprint density at radius 3 is 2.35 bits per heavy atom. The van der Waals surface area contributed by atoms with Gasteiger partial charge < -0.3 is 16.0 Å². The molecule has 118 valence electrons. The highest BCUT2D eigenvalue weighted by Crippen LogP contribution is 2.20. The van der Waals surface area contributed by atoms with Gasteiger partial charge in [0.15, 0.2) is 0 Å². The van der Waals surface area contributed by atoms with E-state index in [1.165, 1.54) is 0 Å². The maximum Gasteiger partial charge on any atom is 0.239 e. The highest BCUT2D eigenvalue weighted by Gasteiger charge is 2.19. The summed E-state index contributed by atoms with van der Waals surface area (Å²) in [6.45, 7) is 7.80. The van der Waals surface area contributed by atoms with Crippen molar-refractivity contribution in [2.75, 3.05) is 26.7 Å². The van der Waals surface area contributed by atoms with Crippen molar-refractivity contribution in [1.29, 1.82) is 0 Å². The second kappa shape index (κ2) is 10.7. The molecule has 0 saturated carbocycles. The largest absolute Gasteiger partial charge is 0.358 e. The summed E-state index contributed by atoms with van der Waals surface area (Å²) in [5.74, 6) is 0.963. The molecule has 20 heavy (non-hydrogen) atoms. The minimum absolute atomic E-state index is 0.0677. The lowest BCUT2D eigenvalue weighted by molar-refractivity contribution is -0.136. The van der Waals surface area contributed by atoms with E-state index in [2.05, 4.69) is 19.2 Å². The molecule has 3 N–H and O–H groups in total. The van der Waals surface area contributed by atoms with E-state index in [9.17, 15) is 9.59 Å². The molecule has 0 heterocycles. The number of nitrogens with two attached hydrogens (primary N) is 1. The maximum absolute atomic E-state index is 12.2. The Bertz CT molecular complexity index is 293. The van der Waals surface area contributed by atoms with E-state index in [-0.39, 0.29) is 18.4 Å². The van der Waals surface area contributed by atoms with E-state index in [4.69, 9.17) is 5.73 Å². The van der Waals surface area contributed by atoms with Gasteiger partial charge in [-0.15, -0.1) is 0 Å². The summed E-state index contributed by atoms with van der Waals surface area (Å²) in [6, 6.07) is 0.